The largest absolute Gasteiger partial charge is 0.338 e. The molecule has 3 heterocycles. The van der Waals surface area contributed by atoms with Crippen molar-refractivity contribution in [1.29, 1.82) is 5.26 Å². The predicted octanol–water partition coefficient (Wildman–Crippen LogP) is 3.24. The monoisotopic (exact) mass is 374 g/mol. The topological polar surface area (TPSA) is 60.2 Å². The minimum absolute atomic E-state index is 0.0813. The van der Waals surface area contributed by atoms with Crippen LogP contribution in [-0.4, -0.2) is 52.9 Å². The molecular formula is C23H26N4O. The van der Waals surface area contributed by atoms with Crippen LogP contribution in [0, 0.1) is 11.3 Å². The molecule has 4 rings (SSSR count). The summed E-state index contributed by atoms with van der Waals surface area (Å²) in [4.78, 5) is 21.1. The Hall–Kier alpha value is -2.71. The van der Waals surface area contributed by atoms with Gasteiger partial charge in [0.15, 0.2) is 0 Å². The number of piperidine rings is 2. The van der Waals surface area contributed by atoms with Gasteiger partial charge in [0.2, 0.25) is 0 Å². The number of hydrogen-bond donors (Lipinski definition) is 0. The third-order valence-corrected chi connectivity index (χ3v) is 6.37. The third-order valence-electron chi connectivity index (χ3n) is 6.37. The molecule has 2 aliphatic heterocycles. The molecule has 5 heteroatoms. The van der Waals surface area contributed by atoms with E-state index in [1.165, 1.54) is 0 Å². The molecule has 0 aliphatic carbocycles. The van der Waals surface area contributed by atoms with Gasteiger partial charge >= 0.3 is 0 Å². The lowest BCUT2D eigenvalue weighted by molar-refractivity contribution is 0.0553. The number of hydrogen-bond acceptors (Lipinski definition) is 4. The normalized spacial score (nSPS) is 20.5. The molecule has 28 heavy (non-hydrogen) atoms. The van der Waals surface area contributed by atoms with Gasteiger partial charge in [0.1, 0.15) is 0 Å². The summed E-state index contributed by atoms with van der Waals surface area (Å²) in [5.41, 5.74) is 1.46. The van der Waals surface area contributed by atoms with Gasteiger partial charge < -0.3 is 9.80 Å². The van der Waals surface area contributed by atoms with Crippen molar-refractivity contribution >= 4 is 5.91 Å². The lowest BCUT2D eigenvalue weighted by Crippen LogP contribution is -2.51. The molecule has 0 unspecified atom stereocenters. The second-order valence-corrected chi connectivity index (χ2v) is 7.86. The van der Waals surface area contributed by atoms with E-state index in [2.05, 4.69) is 28.1 Å². The Balaban J connectivity index is 1.33. The van der Waals surface area contributed by atoms with Crippen molar-refractivity contribution in [2.24, 2.45) is 0 Å². The van der Waals surface area contributed by atoms with Crippen LogP contribution in [-0.2, 0) is 5.41 Å². The molecule has 2 aromatic rings. The summed E-state index contributed by atoms with van der Waals surface area (Å²) >= 11 is 0. The zero-order valence-corrected chi connectivity index (χ0v) is 16.1. The summed E-state index contributed by atoms with van der Waals surface area (Å²) in [6.45, 7) is 3.47. The molecule has 144 valence electrons. The van der Waals surface area contributed by atoms with Gasteiger partial charge in [0.25, 0.3) is 5.91 Å². The molecule has 0 radical (unpaired) electrons. The molecule has 2 aliphatic rings. The number of nitriles is 1. The first-order valence-electron chi connectivity index (χ1n) is 10.1. The summed E-state index contributed by atoms with van der Waals surface area (Å²) in [7, 11) is 0. The van der Waals surface area contributed by atoms with Crippen molar-refractivity contribution in [3.8, 4) is 6.07 Å². The van der Waals surface area contributed by atoms with Crippen LogP contribution in [0.5, 0.6) is 0 Å². The lowest BCUT2D eigenvalue weighted by Gasteiger charge is -2.44. The highest BCUT2D eigenvalue weighted by Crippen LogP contribution is 2.36. The lowest BCUT2D eigenvalue weighted by atomic mass is 9.73. The van der Waals surface area contributed by atoms with Crippen LogP contribution in [0.4, 0.5) is 0 Å². The summed E-state index contributed by atoms with van der Waals surface area (Å²) in [5.74, 6) is 0.0813. The van der Waals surface area contributed by atoms with Gasteiger partial charge in [-0.05, 0) is 43.4 Å². The number of aromatic nitrogens is 1. The zero-order valence-electron chi connectivity index (χ0n) is 16.1. The fraction of sp³-hybridized carbons (Fsp3) is 0.435. The van der Waals surface area contributed by atoms with Crippen LogP contribution in [0.3, 0.4) is 0 Å². The molecule has 2 fully saturated rings. The summed E-state index contributed by atoms with van der Waals surface area (Å²) in [6.07, 6.45) is 7.08. The van der Waals surface area contributed by atoms with E-state index in [0.29, 0.717) is 11.6 Å². The number of carbonyl (C=O) groups excluding carboxylic acids is 1. The Morgan fingerprint density at radius 2 is 1.75 bits per heavy atom. The Morgan fingerprint density at radius 1 is 1.04 bits per heavy atom. The van der Waals surface area contributed by atoms with E-state index in [1.807, 2.05) is 35.2 Å². The molecule has 1 amide bonds. The molecule has 0 N–H and O–H groups in total. The van der Waals surface area contributed by atoms with Crippen molar-refractivity contribution < 1.29 is 4.79 Å². The van der Waals surface area contributed by atoms with Crippen molar-refractivity contribution in [3.05, 3.63) is 66.0 Å². The highest BCUT2D eigenvalue weighted by atomic mass is 16.2. The van der Waals surface area contributed by atoms with Crippen molar-refractivity contribution in [3.63, 3.8) is 0 Å². The van der Waals surface area contributed by atoms with Gasteiger partial charge in [-0.2, -0.15) is 5.26 Å². The van der Waals surface area contributed by atoms with E-state index in [-0.39, 0.29) is 11.3 Å². The predicted molar refractivity (Wildman–Crippen MR) is 108 cm³/mol. The first-order valence-corrected chi connectivity index (χ1v) is 10.1. The van der Waals surface area contributed by atoms with Gasteiger partial charge in [-0.3, -0.25) is 9.78 Å². The maximum Gasteiger partial charge on any atom is 0.255 e. The average Bonchev–Trinajstić information content (AvgIpc) is 2.80. The summed E-state index contributed by atoms with van der Waals surface area (Å²) in [5, 5.41) is 9.88. The number of benzene rings is 1. The van der Waals surface area contributed by atoms with E-state index in [9.17, 15) is 10.1 Å². The molecule has 2 saturated heterocycles. The average molecular weight is 374 g/mol. The van der Waals surface area contributed by atoms with Crippen molar-refractivity contribution in [1.82, 2.24) is 14.8 Å². The van der Waals surface area contributed by atoms with E-state index >= 15 is 0 Å². The van der Waals surface area contributed by atoms with Gasteiger partial charge in [-0.15, -0.1) is 0 Å². The fourth-order valence-electron chi connectivity index (χ4n) is 4.60. The van der Waals surface area contributed by atoms with Gasteiger partial charge in [0.05, 0.1) is 17.0 Å². The standard InChI is InChI=1S/C23H26N4O/c24-18-23(20-6-2-1-3-7-20)10-15-26(16-11-23)21-8-13-27(14-9-21)22(28)19-5-4-12-25-17-19/h1-7,12,17,21H,8-11,13-16H2. The Labute approximate surface area is 166 Å². The zero-order chi connectivity index (χ0) is 19.4. The van der Waals surface area contributed by atoms with Crippen LogP contribution in [0.15, 0.2) is 54.9 Å². The molecule has 0 spiro atoms. The van der Waals surface area contributed by atoms with Crippen LogP contribution in [0.1, 0.15) is 41.6 Å². The van der Waals surface area contributed by atoms with Crippen LogP contribution in [0.25, 0.3) is 0 Å². The fourth-order valence-corrected chi connectivity index (χ4v) is 4.60. The number of pyridine rings is 1. The van der Waals surface area contributed by atoms with E-state index in [0.717, 1.165) is 57.4 Å². The number of carbonyl (C=O) groups is 1. The van der Waals surface area contributed by atoms with Crippen molar-refractivity contribution in [2.75, 3.05) is 26.2 Å². The Kier molecular flexibility index (Phi) is 5.40. The summed E-state index contributed by atoms with van der Waals surface area (Å²) in [6, 6.07) is 17.0. The maximum absolute atomic E-state index is 12.6. The number of rotatable bonds is 3. The third kappa shape index (κ3) is 3.65. The molecular weight excluding hydrogens is 348 g/mol. The smallest absolute Gasteiger partial charge is 0.255 e. The molecule has 5 nitrogen and oxygen atoms in total. The van der Waals surface area contributed by atoms with Crippen LogP contribution in [0.2, 0.25) is 0 Å². The SMILES string of the molecule is N#CC1(c2ccccc2)CCN(C2CCN(C(=O)c3cccnc3)CC2)CC1. The summed E-state index contributed by atoms with van der Waals surface area (Å²) < 4.78 is 0. The minimum atomic E-state index is -0.352. The number of amides is 1. The highest BCUT2D eigenvalue weighted by Gasteiger charge is 2.38. The molecule has 0 bridgehead atoms. The highest BCUT2D eigenvalue weighted by molar-refractivity contribution is 5.93. The van der Waals surface area contributed by atoms with Gasteiger partial charge in [-0.1, -0.05) is 30.3 Å². The maximum atomic E-state index is 12.6. The van der Waals surface area contributed by atoms with E-state index in [4.69, 9.17) is 0 Å². The first-order chi connectivity index (χ1) is 13.7. The van der Waals surface area contributed by atoms with E-state index in [1.54, 1.807) is 12.4 Å². The van der Waals surface area contributed by atoms with Gasteiger partial charge in [0, 0.05) is 44.6 Å². The van der Waals surface area contributed by atoms with Crippen LogP contribution < -0.4 is 0 Å². The first kappa shape index (κ1) is 18.6. The second kappa shape index (κ2) is 8.12. The number of likely N-dealkylation sites (tertiary alicyclic amines) is 2. The Morgan fingerprint density at radius 3 is 2.36 bits per heavy atom. The molecule has 0 atom stereocenters. The van der Waals surface area contributed by atoms with Crippen LogP contribution >= 0.6 is 0 Å². The van der Waals surface area contributed by atoms with E-state index < -0.39 is 0 Å². The molecule has 1 aromatic heterocycles. The Bertz CT molecular complexity index is 830. The number of nitrogens with zero attached hydrogens (tertiary/aromatic N) is 4. The van der Waals surface area contributed by atoms with Gasteiger partial charge in [-0.25, -0.2) is 0 Å². The van der Waals surface area contributed by atoms with Crippen molar-refractivity contribution in [2.45, 2.75) is 37.1 Å². The quantitative estimate of drug-likeness (QED) is 0.827. The molecule has 1 aromatic carbocycles. The second-order valence-electron chi connectivity index (χ2n) is 7.86. The molecule has 0 saturated carbocycles. The minimum Gasteiger partial charge on any atom is -0.338 e.